The van der Waals surface area contributed by atoms with Gasteiger partial charge in [-0.1, -0.05) is 73.5 Å². The van der Waals surface area contributed by atoms with Crippen molar-refractivity contribution >= 4 is 0 Å². The first-order valence-electron chi connectivity index (χ1n) is 8.02. The van der Waals surface area contributed by atoms with Crippen LogP contribution in [0.3, 0.4) is 0 Å². The van der Waals surface area contributed by atoms with Crippen LogP contribution in [0, 0.1) is 0 Å². The quantitative estimate of drug-likeness (QED) is 0.619. The first-order chi connectivity index (χ1) is 10.3. The molecule has 0 aliphatic rings. The van der Waals surface area contributed by atoms with Crippen LogP contribution in [-0.4, -0.2) is 25.5 Å². The van der Waals surface area contributed by atoms with Gasteiger partial charge in [0.05, 0.1) is 0 Å². The predicted molar refractivity (Wildman–Crippen MR) is 91.7 cm³/mol. The summed E-state index contributed by atoms with van der Waals surface area (Å²) in [4.78, 5) is 2.27. The molecule has 0 unspecified atom stereocenters. The van der Waals surface area contributed by atoms with Crippen molar-refractivity contribution < 1.29 is 0 Å². The van der Waals surface area contributed by atoms with Crippen molar-refractivity contribution in [3.63, 3.8) is 0 Å². The molecule has 0 N–H and O–H groups in total. The van der Waals surface area contributed by atoms with Crippen molar-refractivity contribution in [1.29, 1.82) is 0 Å². The van der Waals surface area contributed by atoms with Crippen molar-refractivity contribution in [1.82, 2.24) is 4.90 Å². The molecule has 0 aliphatic heterocycles. The predicted octanol–water partition coefficient (Wildman–Crippen LogP) is 4.94. The van der Waals surface area contributed by atoms with Gasteiger partial charge in [-0.05, 0) is 44.6 Å². The summed E-state index contributed by atoms with van der Waals surface area (Å²) in [6, 6.07) is 21.8. The third-order valence-corrected chi connectivity index (χ3v) is 4.00. The van der Waals surface area contributed by atoms with Gasteiger partial charge in [-0.25, -0.2) is 0 Å². The molecule has 21 heavy (non-hydrogen) atoms. The Kier molecular flexibility index (Phi) is 6.49. The summed E-state index contributed by atoms with van der Waals surface area (Å²) in [5.74, 6) is 0.534. The monoisotopic (exact) mass is 281 g/mol. The molecule has 0 fully saturated rings. The minimum absolute atomic E-state index is 0.534. The Balaban J connectivity index is 1.97. The molecule has 0 spiro atoms. The molecule has 1 nitrogen and oxygen atoms in total. The van der Waals surface area contributed by atoms with E-state index in [2.05, 4.69) is 79.7 Å². The molecule has 2 rings (SSSR count). The highest BCUT2D eigenvalue weighted by Gasteiger charge is 2.13. The maximum atomic E-state index is 2.27. The third kappa shape index (κ3) is 5.35. The molecule has 0 heterocycles. The summed E-state index contributed by atoms with van der Waals surface area (Å²) in [5.41, 5.74) is 2.88. The maximum absolute atomic E-state index is 2.27. The molecule has 0 saturated carbocycles. The molecule has 1 heteroatoms. The molecule has 2 aromatic carbocycles. The van der Waals surface area contributed by atoms with Crippen LogP contribution in [-0.2, 0) is 0 Å². The van der Waals surface area contributed by atoms with Crippen LogP contribution in [0.1, 0.15) is 42.7 Å². The average molecular weight is 281 g/mol. The van der Waals surface area contributed by atoms with Crippen molar-refractivity contribution in [2.24, 2.45) is 0 Å². The summed E-state index contributed by atoms with van der Waals surface area (Å²) >= 11 is 0. The number of unbranched alkanes of at least 4 members (excludes halogenated alkanes) is 2. The highest BCUT2D eigenvalue weighted by molar-refractivity contribution is 5.32. The van der Waals surface area contributed by atoms with Crippen LogP contribution in [0.15, 0.2) is 60.7 Å². The van der Waals surface area contributed by atoms with Crippen LogP contribution < -0.4 is 0 Å². The number of nitrogens with zero attached hydrogens (tertiary/aromatic N) is 1. The lowest BCUT2D eigenvalue weighted by Gasteiger charge is -2.18. The SMILES string of the molecule is CN(C)CCCCCC(c1ccccc1)c1ccccc1. The standard InChI is InChI=1S/C20H27N/c1-21(2)17-11-5-10-16-20(18-12-6-3-7-13-18)19-14-8-4-9-15-19/h3-4,6-9,12-15,20H,5,10-11,16-17H2,1-2H3. The maximum Gasteiger partial charge on any atom is 0.00893 e. The Hall–Kier alpha value is -1.60. The van der Waals surface area contributed by atoms with Crippen LogP contribution >= 0.6 is 0 Å². The van der Waals surface area contributed by atoms with Gasteiger partial charge in [-0.3, -0.25) is 0 Å². The first kappa shape index (κ1) is 15.8. The Morgan fingerprint density at radius 1 is 0.714 bits per heavy atom. The molecule has 2 aromatic rings. The first-order valence-corrected chi connectivity index (χ1v) is 8.02. The molecule has 112 valence electrons. The zero-order valence-corrected chi connectivity index (χ0v) is 13.3. The van der Waals surface area contributed by atoms with Crippen molar-refractivity contribution in [2.75, 3.05) is 20.6 Å². The van der Waals surface area contributed by atoms with Gasteiger partial charge in [0.2, 0.25) is 0 Å². The fraction of sp³-hybridized carbons (Fsp3) is 0.400. The van der Waals surface area contributed by atoms with E-state index in [-0.39, 0.29) is 0 Å². The van der Waals surface area contributed by atoms with Gasteiger partial charge in [0.1, 0.15) is 0 Å². The van der Waals surface area contributed by atoms with Gasteiger partial charge < -0.3 is 4.90 Å². The lowest BCUT2D eigenvalue weighted by molar-refractivity contribution is 0.389. The third-order valence-electron chi connectivity index (χ3n) is 4.00. The fourth-order valence-corrected chi connectivity index (χ4v) is 2.85. The van der Waals surface area contributed by atoms with Crippen molar-refractivity contribution in [3.05, 3.63) is 71.8 Å². The second-order valence-electron chi connectivity index (χ2n) is 6.03. The number of hydrogen-bond acceptors (Lipinski definition) is 1. The highest BCUT2D eigenvalue weighted by atomic mass is 15.0. The van der Waals surface area contributed by atoms with E-state index in [9.17, 15) is 0 Å². The largest absolute Gasteiger partial charge is 0.309 e. The molecule has 0 radical (unpaired) electrons. The molecular formula is C20H27N. The van der Waals surface area contributed by atoms with E-state index in [1.54, 1.807) is 0 Å². The van der Waals surface area contributed by atoms with Gasteiger partial charge in [0.15, 0.2) is 0 Å². The Labute approximate surface area is 129 Å². The molecule has 0 aliphatic carbocycles. The molecule has 0 saturated heterocycles. The normalized spacial score (nSPS) is 11.2. The summed E-state index contributed by atoms with van der Waals surface area (Å²) in [5, 5.41) is 0. The fourth-order valence-electron chi connectivity index (χ4n) is 2.85. The molecule has 0 atom stereocenters. The van der Waals surface area contributed by atoms with E-state index in [0.29, 0.717) is 5.92 Å². The molecule has 0 bridgehead atoms. The Bertz CT molecular complexity index is 450. The number of rotatable bonds is 8. The second kappa shape index (κ2) is 8.63. The molecule has 0 aromatic heterocycles. The summed E-state index contributed by atoms with van der Waals surface area (Å²) < 4.78 is 0. The summed E-state index contributed by atoms with van der Waals surface area (Å²) in [6.07, 6.45) is 5.14. The molecular weight excluding hydrogens is 254 g/mol. The minimum Gasteiger partial charge on any atom is -0.309 e. The highest BCUT2D eigenvalue weighted by Crippen LogP contribution is 2.29. The zero-order valence-electron chi connectivity index (χ0n) is 13.3. The lowest BCUT2D eigenvalue weighted by atomic mass is 9.87. The average Bonchev–Trinajstić information content (AvgIpc) is 2.52. The van der Waals surface area contributed by atoms with E-state index < -0.39 is 0 Å². The summed E-state index contributed by atoms with van der Waals surface area (Å²) in [6.45, 7) is 1.20. The van der Waals surface area contributed by atoms with Crippen molar-refractivity contribution in [3.8, 4) is 0 Å². The van der Waals surface area contributed by atoms with Gasteiger partial charge in [0.25, 0.3) is 0 Å². The number of hydrogen-bond donors (Lipinski definition) is 0. The summed E-state index contributed by atoms with van der Waals surface area (Å²) in [7, 11) is 4.30. The van der Waals surface area contributed by atoms with E-state index in [0.717, 1.165) is 0 Å². The van der Waals surface area contributed by atoms with Gasteiger partial charge >= 0.3 is 0 Å². The minimum atomic E-state index is 0.534. The Morgan fingerprint density at radius 2 is 1.24 bits per heavy atom. The van der Waals surface area contributed by atoms with Gasteiger partial charge in [0, 0.05) is 5.92 Å². The van der Waals surface area contributed by atoms with Crippen LogP contribution in [0.25, 0.3) is 0 Å². The van der Waals surface area contributed by atoms with Crippen LogP contribution in [0.5, 0.6) is 0 Å². The van der Waals surface area contributed by atoms with Crippen molar-refractivity contribution in [2.45, 2.75) is 31.6 Å². The zero-order chi connectivity index (χ0) is 14.9. The topological polar surface area (TPSA) is 3.24 Å². The smallest absolute Gasteiger partial charge is 0.00893 e. The molecule has 0 amide bonds. The van der Waals surface area contributed by atoms with E-state index in [1.165, 1.54) is 43.4 Å². The van der Waals surface area contributed by atoms with E-state index in [4.69, 9.17) is 0 Å². The number of benzene rings is 2. The van der Waals surface area contributed by atoms with Crippen LogP contribution in [0.2, 0.25) is 0 Å². The van der Waals surface area contributed by atoms with E-state index >= 15 is 0 Å². The van der Waals surface area contributed by atoms with Gasteiger partial charge in [-0.2, -0.15) is 0 Å². The lowest BCUT2D eigenvalue weighted by Crippen LogP contribution is -2.12. The van der Waals surface area contributed by atoms with E-state index in [1.807, 2.05) is 0 Å². The van der Waals surface area contributed by atoms with Gasteiger partial charge in [-0.15, -0.1) is 0 Å². The van der Waals surface area contributed by atoms with Crippen LogP contribution in [0.4, 0.5) is 0 Å². The Morgan fingerprint density at radius 3 is 1.71 bits per heavy atom. The second-order valence-corrected chi connectivity index (χ2v) is 6.03.